The summed E-state index contributed by atoms with van der Waals surface area (Å²) in [6, 6.07) is 9.48. The number of rotatable bonds is 13. The number of ether oxygens (including phenoxy) is 3. The summed E-state index contributed by atoms with van der Waals surface area (Å²) in [4.78, 5) is 37.5. The second kappa shape index (κ2) is 14.6. The summed E-state index contributed by atoms with van der Waals surface area (Å²) in [7, 11) is 1.86. The van der Waals surface area contributed by atoms with Gasteiger partial charge in [0.15, 0.2) is 11.5 Å². The minimum Gasteiger partial charge on any atom is -0.490 e. The smallest absolute Gasteiger partial charge is 0.328 e. The van der Waals surface area contributed by atoms with Crippen LogP contribution in [0.2, 0.25) is 10.0 Å². The van der Waals surface area contributed by atoms with Gasteiger partial charge in [-0.3, -0.25) is 9.59 Å². The molecule has 0 heterocycles. The quantitative estimate of drug-likeness (QED) is 0.230. The number of halogens is 2. The van der Waals surface area contributed by atoms with E-state index in [9.17, 15) is 14.4 Å². The van der Waals surface area contributed by atoms with E-state index < -0.39 is 23.9 Å². The molecule has 0 aromatic heterocycles. The Bertz CT molecular complexity index is 1020. The zero-order valence-corrected chi connectivity index (χ0v) is 21.5. The van der Waals surface area contributed by atoms with E-state index in [1.165, 1.54) is 13.0 Å². The lowest BCUT2D eigenvalue weighted by atomic mass is 10.0. The topological polar surface area (TPSA) is 103 Å². The van der Waals surface area contributed by atoms with Crippen LogP contribution in [0.1, 0.15) is 42.6 Å². The Morgan fingerprint density at radius 1 is 1.06 bits per heavy atom. The summed E-state index contributed by atoms with van der Waals surface area (Å²) < 4.78 is 16.1. The molecule has 0 aliphatic rings. The molecular formula is C25H30Cl2N2O6. The number of hydrogen-bond donors (Lipinski definition) is 2. The highest BCUT2D eigenvalue weighted by Crippen LogP contribution is 2.43. The van der Waals surface area contributed by atoms with Crippen molar-refractivity contribution < 1.29 is 28.6 Å². The fraction of sp³-hybridized carbons (Fsp3) is 0.400. The molecule has 0 saturated carbocycles. The molecule has 2 aromatic rings. The zero-order valence-electron chi connectivity index (χ0n) is 20.0. The molecule has 0 spiro atoms. The van der Waals surface area contributed by atoms with Gasteiger partial charge < -0.3 is 24.8 Å². The van der Waals surface area contributed by atoms with Crippen molar-refractivity contribution in [2.24, 2.45) is 0 Å². The van der Waals surface area contributed by atoms with Crippen LogP contribution < -0.4 is 20.1 Å². The van der Waals surface area contributed by atoms with E-state index in [1.807, 2.05) is 37.4 Å². The lowest BCUT2D eigenvalue weighted by molar-refractivity contribution is -0.145. The molecule has 10 heteroatoms. The van der Waals surface area contributed by atoms with Gasteiger partial charge in [-0.1, -0.05) is 53.5 Å². The molecule has 8 nitrogen and oxygen atoms in total. The molecule has 2 N–H and O–H groups in total. The van der Waals surface area contributed by atoms with Crippen molar-refractivity contribution in [2.45, 2.75) is 39.2 Å². The van der Waals surface area contributed by atoms with Gasteiger partial charge in [-0.2, -0.15) is 0 Å². The van der Waals surface area contributed by atoms with Crippen molar-refractivity contribution in [1.82, 2.24) is 10.6 Å². The average Bonchev–Trinajstić information content (AvgIpc) is 2.82. The Morgan fingerprint density at radius 2 is 1.77 bits per heavy atom. The number of esters is 2. The van der Waals surface area contributed by atoms with E-state index in [1.54, 1.807) is 6.92 Å². The number of unbranched alkanes of at least 4 members (excludes halogenated alkanes) is 1. The largest absolute Gasteiger partial charge is 0.490 e. The van der Waals surface area contributed by atoms with Crippen molar-refractivity contribution in [1.29, 1.82) is 0 Å². The van der Waals surface area contributed by atoms with Gasteiger partial charge in [-0.15, -0.1) is 0 Å². The third kappa shape index (κ3) is 8.72. The molecular weight excluding hydrogens is 495 g/mol. The Balaban J connectivity index is 2.33. The first-order valence-electron chi connectivity index (χ1n) is 11.3. The highest BCUT2D eigenvalue weighted by atomic mass is 35.5. The Labute approximate surface area is 215 Å². The summed E-state index contributed by atoms with van der Waals surface area (Å²) in [6.07, 6.45) is 1.81. The molecule has 2 rings (SSSR count). The summed E-state index contributed by atoms with van der Waals surface area (Å²) in [5, 5.41) is 5.65. The van der Waals surface area contributed by atoms with Crippen molar-refractivity contribution >= 4 is 41.0 Å². The van der Waals surface area contributed by atoms with Crippen LogP contribution in [0, 0.1) is 0 Å². The molecule has 0 saturated heterocycles. The van der Waals surface area contributed by atoms with Gasteiger partial charge in [0.05, 0.1) is 23.8 Å². The molecule has 0 fully saturated rings. The van der Waals surface area contributed by atoms with Crippen LogP contribution >= 0.6 is 23.2 Å². The van der Waals surface area contributed by atoms with Crippen molar-refractivity contribution in [3.8, 4) is 11.5 Å². The molecule has 0 radical (unpaired) electrons. The second-order valence-electron chi connectivity index (χ2n) is 7.60. The second-order valence-corrected chi connectivity index (χ2v) is 8.38. The first kappa shape index (κ1) is 28.4. The maximum atomic E-state index is 13.2. The molecule has 2 aromatic carbocycles. The van der Waals surface area contributed by atoms with Gasteiger partial charge in [-0.25, -0.2) is 4.79 Å². The number of nitrogens with one attached hydrogen (secondary N) is 2. The highest BCUT2D eigenvalue weighted by Gasteiger charge is 2.28. The molecule has 1 amide bonds. The standard InChI is InChI=1S/C25H30Cl2N2O6/c1-4-33-25(32)20(14-17-10-6-5-7-11-17)29-24(31)18-15-19(26)23(34-13-9-8-12-28-3)21(27)22(18)35-16(2)30/h5-7,10-11,15,20,28H,4,8-9,12-14H2,1-3H3,(H,29,31). The average molecular weight is 525 g/mol. The SMILES string of the molecule is CCOC(=O)C(Cc1ccccc1)NC(=O)c1cc(Cl)c(OCCCCNC)c(Cl)c1OC(C)=O. The van der Waals surface area contributed by atoms with Crippen LogP contribution in [0.3, 0.4) is 0 Å². The van der Waals surface area contributed by atoms with Gasteiger partial charge >= 0.3 is 11.9 Å². The highest BCUT2D eigenvalue weighted by molar-refractivity contribution is 6.39. The minimum atomic E-state index is -0.990. The fourth-order valence-corrected chi connectivity index (χ4v) is 3.83. The van der Waals surface area contributed by atoms with E-state index in [0.717, 1.165) is 24.9 Å². The van der Waals surface area contributed by atoms with E-state index in [0.29, 0.717) is 6.61 Å². The number of hydrogen-bond acceptors (Lipinski definition) is 7. The van der Waals surface area contributed by atoms with Crippen LogP contribution in [0.5, 0.6) is 11.5 Å². The van der Waals surface area contributed by atoms with Crippen LogP contribution in [0.25, 0.3) is 0 Å². The van der Waals surface area contributed by atoms with Gasteiger partial charge in [-0.05, 0) is 45.0 Å². The Hall–Kier alpha value is -2.81. The van der Waals surface area contributed by atoms with Crippen LogP contribution in [0.4, 0.5) is 0 Å². The maximum Gasteiger partial charge on any atom is 0.328 e. The molecule has 0 bridgehead atoms. The monoisotopic (exact) mass is 524 g/mol. The first-order chi connectivity index (χ1) is 16.8. The van der Waals surface area contributed by atoms with Crippen LogP contribution in [-0.2, 0) is 20.7 Å². The number of benzene rings is 2. The molecule has 35 heavy (non-hydrogen) atoms. The van der Waals surface area contributed by atoms with Gasteiger partial charge in [0.2, 0.25) is 0 Å². The fourth-order valence-electron chi connectivity index (χ4n) is 3.23. The van der Waals surface area contributed by atoms with Crippen molar-refractivity contribution in [3.63, 3.8) is 0 Å². The number of amides is 1. The lowest BCUT2D eigenvalue weighted by Crippen LogP contribution is -2.43. The third-order valence-electron chi connectivity index (χ3n) is 4.85. The van der Waals surface area contributed by atoms with Crippen molar-refractivity contribution in [3.05, 3.63) is 57.6 Å². The molecule has 1 atom stereocenters. The van der Waals surface area contributed by atoms with Gasteiger partial charge in [0.1, 0.15) is 11.1 Å². The first-order valence-corrected chi connectivity index (χ1v) is 12.0. The summed E-state index contributed by atoms with van der Waals surface area (Å²) in [5.74, 6) is -2.09. The van der Waals surface area contributed by atoms with E-state index in [2.05, 4.69) is 10.6 Å². The molecule has 190 valence electrons. The third-order valence-corrected chi connectivity index (χ3v) is 5.47. The maximum absolute atomic E-state index is 13.2. The van der Waals surface area contributed by atoms with Gasteiger partial charge in [0.25, 0.3) is 5.91 Å². The normalized spacial score (nSPS) is 11.5. The summed E-state index contributed by atoms with van der Waals surface area (Å²) in [6.45, 7) is 4.16. The predicted molar refractivity (Wildman–Crippen MR) is 134 cm³/mol. The van der Waals surface area contributed by atoms with E-state index >= 15 is 0 Å². The minimum absolute atomic E-state index is 0.0698. The molecule has 0 aliphatic heterocycles. The van der Waals surface area contributed by atoms with Gasteiger partial charge in [0, 0.05) is 13.3 Å². The Kier molecular flexibility index (Phi) is 11.8. The summed E-state index contributed by atoms with van der Waals surface area (Å²) >= 11 is 12.8. The Morgan fingerprint density at radius 3 is 2.40 bits per heavy atom. The molecule has 0 aliphatic carbocycles. The predicted octanol–water partition coefficient (Wildman–Crippen LogP) is 4.20. The van der Waals surface area contributed by atoms with E-state index in [4.69, 9.17) is 37.4 Å². The van der Waals surface area contributed by atoms with Crippen LogP contribution in [0.15, 0.2) is 36.4 Å². The number of carbonyl (C=O) groups excluding carboxylic acids is 3. The summed E-state index contributed by atoms with van der Waals surface area (Å²) in [5.41, 5.74) is 0.712. The zero-order chi connectivity index (χ0) is 25.8. The lowest BCUT2D eigenvalue weighted by Gasteiger charge is -2.20. The van der Waals surface area contributed by atoms with Crippen LogP contribution in [-0.4, -0.2) is 50.7 Å². The number of carbonyl (C=O) groups is 3. The van der Waals surface area contributed by atoms with Crippen molar-refractivity contribution in [2.75, 3.05) is 26.8 Å². The molecule has 1 unspecified atom stereocenters. The van der Waals surface area contributed by atoms with E-state index in [-0.39, 0.29) is 40.1 Å².